The number of allylic oxidation sites excluding steroid dienone is 1. The van der Waals surface area contributed by atoms with Crippen LogP contribution in [-0.2, 0) is 9.53 Å². The van der Waals surface area contributed by atoms with Crippen LogP contribution in [0.2, 0.25) is 0 Å². The highest BCUT2D eigenvalue weighted by Gasteiger charge is 1.98. The molecule has 0 saturated heterocycles. The first-order chi connectivity index (χ1) is 7.16. The summed E-state index contributed by atoms with van der Waals surface area (Å²) in [5.74, 6) is -0.178. The van der Waals surface area contributed by atoms with Crippen molar-refractivity contribution in [3.63, 3.8) is 0 Å². The molecular weight excluding hydrogens is 198 g/mol. The molecule has 0 aliphatic rings. The van der Waals surface area contributed by atoms with Gasteiger partial charge in [-0.15, -0.1) is 0 Å². The van der Waals surface area contributed by atoms with E-state index in [1.165, 1.54) is 7.11 Å². The Morgan fingerprint density at radius 1 is 1.33 bits per heavy atom. The molecule has 15 heavy (non-hydrogen) atoms. The fraction of sp³-hybridized carbons (Fsp3) is 0.700. The van der Waals surface area contributed by atoms with E-state index >= 15 is 0 Å². The lowest BCUT2D eigenvalue weighted by Gasteiger charge is -1.98. The van der Waals surface area contributed by atoms with Gasteiger partial charge in [-0.1, -0.05) is 12.8 Å². The molecule has 0 saturated carbocycles. The first-order valence-electron chi connectivity index (χ1n) is 5.03. The Balaban J connectivity index is 3.18. The van der Waals surface area contributed by atoms with Gasteiger partial charge >= 0.3 is 5.97 Å². The molecule has 86 valence electrons. The van der Waals surface area contributed by atoms with Crippen molar-refractivity contribution in [1.82, 2.24) is 0 Å². The van der Waals surface area contributed by atoms with Crippen molar-refractivity contribution >= 4 is 5.97 Å². The Bertz CT molecular complexity index is 225. The summed E-state index contributed by atoms with van der Waals surface area (Å²) in [6.07, 6.45) is 7.40. The van der Waals surface area contributed by atoms with Crippen molar-refractivity contribution in [2.75, 3.05) is 7.11 Å². The predicted octanol–water partition coefficient (Wildman–Crippen LogP) is 2.29. The number of carbonyl (C=O) groups is 1. The number of hydrogen-bond donors (Lipinski definition) is 0. The van der Waals surface area contributed by atoms with Gasteiger partial charge in [0.05, 0.1) is 12.0 Å². The highest BCUT2D eigenvalue weighted by molar-refractivity contribution is 5.68. The molecule has 0 aromatic heterocycles. The lowest BCUT2D eigenvalue weighted by Crippen LogP contribution is -1.98. The van der Waals surface area contributed by atoms with Crippen LogP contribution in [0.4, 0.5) is 0 Å². The predicted molar refractivity (Wildman–Crippen MR) is 55.9 cm³/mol. The molecule has 0 heterocycles. The summed E-state index contributed by atoms with van der Waals surface area (Å²) in [6, 6.07) is 0. The number of hydrogen-bond acceptors (Lipinski definition) is 4. The second kappa shape index (κ2) is 9.18. The van der Waals surface area contributed by atoms with E-state index in [0.717, 1.165) is 38.3 Å². The van der Waals surface area contributed by atoms with Crippen molar-refractivity contribution < 1.29 is 14.5 Å². The van der Waals surface area contributed by atoms with Crippen LogP contribution in [0.15, 0.2) is 12.3 Å². The maximum absolute atomic E-state index is 10.7. The molecule has 0 aromatic carbocycles. The summed E-state index contributed by atoms with van der Waals surface area (Å²) >= 11 is 0. The first kappa shape index (κ1) is 13.6. The van der Waals surface area contributed by atoms with Crippen LogP contribution in [0, 0.1) is 10.1 Å². The molecule has 0 atom stereocenters. The summed E-state index contributed by atoms with van der Waals surface area (Å²) in [6.45, 7) is 0. The maximum Gasteiger partial charge on any atom is 0.305 e. The molecule has 0 aliphatic heterocycles. The Hall–Kier alpha value is -1.39. The van der Waals surface area contributed by atoms with Gasteiger partial charge < -0.3 is 4.74 Å². The van der Waals surface area contributed by atoms with Gasteiger partial charge in [-0.25, -0.2) is 0 Å². The standard InChI is InChI=1S/C10H17NO4/c1-15-10(12)8-6-4-2-3-5-7-9-11(13)14/h7,9H,2-6,8H2,1H3/b9-7+. The molecule has 5 nitrogen and oxygen atoms in total. The zero-order valence-corrected chi connectivity index (χ0v) is 8.98. The fourth-order valence-corrected chi connectivity index (χ4v) is 1.15. The molecule has 0 unspecified atom stereocenters. The lowest BCUT2D eigenvalue weighted by molar-refractivity contribution is -0.402. The Morgan fingerprint density at radius 3 is 2.60 bits per heavy atom. The molecule has 0 amide bonds. The molecule has 0 fully saturated rings. The van der Waals surface area contributed by atoms with Gasteiger partial charge in [-0.05, 0) is 25.3 Å². The number of carbonyl (C=O) groups excluding carboxylic acids is 1. The summed E-state index contributed by atoms with van der Waals surface area (Å²) in [5, 5.41) is 9.91. The van der Waals surface area contributed by atoms with Crippen LogP contribution < -0.4 is 0 Å². The smallest absolute Gasteiger partial charge is 0.305 e. The number of rotatable bonds is 8. The highest BCUT2D eigenvalue weighted by atomic mass is 16.6. The number of ether oxygens (including phenoxy) is 1. The van der Waals surface area contributed by atoms with Crippen LogP contribution in [-0.4, -0.2) is 18.0 Å². The van der Waals surface area contributed by atoms with Gasteiger partial charge in [0.25, 0.3) is 0 Å². The van der Waals surface area contributed by atoms with Gasteiger partial charge in [0.15, 0.2) is 0 Å². The van der Waals surface area contributed by atoms with E-state index in [0.29, 0.717) is 6.42 Å². The average Bonchev–Trinajstić information content (AvgIpc) is 2.21. The molecule has 0 bridgehead atoms. The monoisotopic (exact) mass is 215 g/mol. The van der Waals surface area contributed by atoms with Crippen molar-refractivity contribution in [3.8, 4) is 0 Å². The first-order valence-corrected chi connectivity index (χ1v) is 5.03. The third-order valence-corrected chi connectivity index (χ3v) is 1.96. The third kappa shape index (κ3) is 10.5. The van der Waals surface area contributed by atoms with Crippen molar-refractivity contribution in [1.29, 1.82) is 0 Å². The van der Waals surface area contributed by atoms with E-state index in [9.17, 15) is 14.9 Å². The van der Waals surface area contributed by atoms with E-state index in [2.05, 4.69) is 4.74 Å². The van der Waals surface area contributed by atoms with E-state index in [1.54, 1.807) is 6.08 Å². The summed E-state index contributed by atoms with van der Waals surface area (Å²) < 4.78 is 4.50. The SMILES string of the molecule is COC(=O)CCCCCC/C=C/[N+](=O)[O-]. The zero-order valence-electron chi connectivity index (χ0n) is 8.98. The molecule has 5 heteroatoms. The second-order valence-electron chi connectivity index (χ2n) is 3.20. The van der Waals surface area contributed by atoms with Gasteiger partial charge in [0, 0.05) is 6.42 Å². The molecule has 0 aromatic rings. The molecule has 0 rings (SSSR count). The summed E-state index contributed by atoms with van der Waals surface area (Å²) in [7, 11) is 1.38. The van der Waals surface area contributed by atoms with Gasteiger partial charge in [0.1, 0.15) is 0 Å². The number of nitrogens with zero attached hydrogens (tertiary/aromatic N) is 1. The Kier molecular flexibility index (Phi) is 8.33. The second-order valence-corrected chi connectivity index (χ2v) is 3.20. The van der Waals surface area contributed by atoms with Crippen molar-refractivity contribution in [2.45, 2.75) is 38.5 Å². The lowest BCUT2D eigenvalue weighted by atomic mass is 10.1. The molecule has 0 spiro atoms. The minimum atomic E-state index is -0.461. The van der Waals surface area contributed by atoms with E-state index in [4.69, 9.17) is 0 Å². The number of esters is 1. The number of methoxy groups -OCH3 is 1. The number of nitro groups is 1. The summed E-state index contributed by atoms with van der Waals surface area (Å²) in [4.78, 5) is 20.2. The molecule has 0 radical (unpaired) electrons. The van der Waals surface area contributed by atoms with Gasteiger partial charge in [-0.2, -0.15) is 0 Å². The quantitative estimate of drug-likeness (QED) is 0.269. The molecular formula is C10H17NO4. The van der Waals surface area contributed by atoms with Crippen LogP contribution in [0.5, 0.6) is 0 Å². The van der Waals surface area contributed by atoms with Crippen LogP contribution in [0.1, 0.15) is 38.5 Å². The van der Waals surface area contributed by atoms with Gasteiger partial charge in [0.2, 0.25) is 6.20 Å². The van der Waals surface area contributed by atoms with E-state index in [-0.39, 0.29) is 5.97 Å². The van der Waals surface area contributed by atoms with Gasteiger partial charge in [-0.3, -0.25) is 14.9 Å². The van der Waals surface area contributed by atoms with E-state index < -0.39 is 4.92 Å². The van der Waals surface area contributed by atoms with Crippen LogP contribution in [0.3, 0.4) is 0 Å². The zero-order chi connectivity index (χ0) is 11.5. The van der Waals surface area contributed by atoms with Crippen LogP contribution in [0.25, 0.3) is 0 Å². The molecule has 0 aliphatic carbocycles. The summed E-state index contributed by atoms with van der Waals surface area (Å²) in [5.41, 5.74) is 0. The van der Waals surface area contributed by atoms with Crippen LogP contribution >= 0.6 is 0 Å². The number of unbranched alkanes of at least 4 members (excludes halogenated alkanes) is 4. The largest absolute Gasteiger partial charge is 0.469 e. The third-order valence-electron chi connectivity index (χ3n) is 1.96. The van der Waals surface area contributed by atoms with Crippen molar-refractivity contribution in [3.05, 3.63) is 22.4 Å². The maximum atomic E-state index is 10.7. The van der Waals surface area contributed by atoms with Crippen molar-refractivity contribution in [2.24, 2.45) is 0 Å². The minimum Gasteiger partial charge on any atom is -0.469 e. The normalized spacial score (nSPS) is 10.5. The van der Waals surface area contributed by atoms with E-state index in [1.807, 2.05) is 0 Å². The average molecular weight is 215 g/mol. The fourth-order valence-electron chi connectivity index (χ4n) is 1.15. The Labute approximate surface area is 89.3 Å². The Morgan fingerprint density at radius 2 is 2.00 bits per heavy atom. The topological polar surface area (TPSA) is 69.4 Å². The highest BCUT2D eigenvalue weighted by Crippen LogP contribution is 2.06. The molecule has 0 N–H and O–H groups in total. The minimum absolute atomic E-state index is 0.178.